The molecule has 1 aromatic rings. The van der Waals surface area contributed by atoms with E-state index in [1.165, 1.54) is 4.31 Å². The van der Waals surface area contributed by atoms with Crippen LogP contribution in [0.15, 0.2) is 29.2 Å². The van der Waals surface area contributed by atoms with Crippen molar-refractivity contribution in [1.29, 1.82) is 0 Å². The average molecular weight is 289 g/mol. The van der Waals surface area contributed by atoms with Crippen LogP contribution >= 0.6 is 11.6 Å². The first-order valence-corrected chi connectivity index (χ1v) is 7.78. The molecule has 0 amide bonds. The van der Waals surface area contributed by atoms with Crippen LogP contribution in [0.1, 0.15) is 12.8 Å². The molecule has 1 fully saturated rings. The van der Waals surface area contributed by atoms with E-state index in [0.29, 0.717) is 6.54 Å². The van der Waals surface area contributed by atoms with Gasteiger partial charge in [-0.15, -0.1) is 0 Å². The summed E-state index contributed by atoms with van der Waals surface area (Å²) in [6, 6.07) is 6.56. The number of benzene rings is 1. The molecule has 0 aromatic heterocycles. The van der Waals surface area contributed by atoms with Crippen molar-refractivity contribution < 1.29 is 8.42 Å². The summed E-state index contributed by atoms with van der Waals surface area (Å²) in [4.78, 5) is 0.180. The smallest absolute Gasteiger partial charge is 0.244 e. The SMILES string of the molecule is CN(C1CCCNC1)S(=O)(=O)c1ccccc1Cl. The lowest BCUT2D eigenvalue weighted by Crippen LogP contribution is -2.46. The number of likely N-dealkylation sites (N-methyl/N-ethyl adjacent to an activating group) is 1. The fourth-order valence-electron chi connectivity index (χ4n) is 2.15. The molecular formula is C12H17ClN2O2S. The number of rotatable bonds is 3. The molecule has 0 aliphatic carbocycles. The summed E-state index contributed by atoms with van der Waals surface area (Å²) in [5, 5.41) is 3.49. The van der Waals surface area contributed by atoms with E-state index in [1.54, 1.807) is 31.3 Å². The van der Waals surface area contributed by atoms with Gasteiger partial charge in [0, 0.05) is 19.6 Å². The van der Waals surface area contributed by atoms with Gasteiger partial charge in [-0.05, 0) is 31.5 Å². The molecule has 0 radical (unpaired) electrons. The van der Waals surface area contributed by atoms with Crippen molar-refractivity contribution in [3.05, 3.63) is 29.3 Å². The fourth-order valence-corrected chi connectivity index (χ4v) is 4.03. The van der Waals surface area contributed by atoms with Gasteiger partial charge in [-0.1, -0.05) is 23.7 Å². The maximum atomic E-state index is 12.5. The number of nitrogens with zero attached hydrogens (tertiary/aromatic N) is 1. The lowest BCUT2D eigenvalue weighted by molar-refractivity contribution is 0.300. The summed E-state index contributed by atoms with van der Waals surface area (Å²) in [6.07, 6.45) is 1.88. The fraction of sp³-hybridized carbons (Fsp3) is 0.500. The second-order valence-corrected chi connectivity index (χ2v) is 6.82. The summed E-state index contributed by atoms with van der Waals surface area (Å²) in [6.45, 7) is 1.65. The van der Waals surface area contributed by atoms with E-state index < -0.39 is 10.0 Å². The van der Waals surface area contributed by atoms with E-state index in [2.05, 4.69) is 5.32 Å². The largest absolute Gasteiger partial charge is 0.315 e. The Morgan fingerprint density at radius 3 is 2.72 bits per heavy atom. The van der Waals surface area contributed by atoms with Crippen molar-refractivity contribution in [2.75, 3.05) is 20.1 Å². The van der Waals surface area contributed by atoms with Crippen molar-refractivity contribution in [3.63, 3.8) is 0 Å². The molecule has 1 aliphatic heterocycles. The highest BCUT2D eigenvalue weighted by Crippen LogP contribution is 2.25. The Labute approximate surface area is 113 Å². The summed E-state index contributed by atoms with van der Waals surface area (Å²) in [7, 11) is -1.89. The second-order valence-electron chi connectivity index (χ2n) is 4.45. The van der Waals surface area contributed by atoms with E-state index in [9.17, 15) is 8.42 Å². The maximum Gasteiger partial charge on any atom is 0.244 e. The molecule has 1 aromatic carbocycles. The molecule has 0 spiro atoms. The van der Waals surface area contributed by atoms with Crippen molar-refractivity contribution in [2.45, 2.75) is 23.8 Å². The van der Waals surface area contributed by atoms with Crippen molar-refractivity contribution in [2.24, 2.45) is 0 Å². The quantitative estimate of drug-likeness (QED) is 0.921. The standard InChI is InChI=1S/C12H17ClN2O2S/c1-15(10-5-4-8-14-9-10)18(16,17)12-7-3-2-6-11(12)13/h2-3,6-7,10,14H,4-5,8-9H2,1H3. The number of piperidine rings is 1. The molecule has 6 heteroatoms. The third kappa shape index (κ3) is 2.69. The van der Waals surface area contributed by atoms with Crippen LogP contribution in [0, 0.1) is 0 Å². The molecule has 18 heavy (non-hydrogen) atoms. The van der Waals surface area contributed by atoms with Gasteiger partial charge in [-0.25, -0.2) is 8.42 Å². The predicted molar refractivity (Wildman–Crippen MR) is 72.3 cm³/mol. The minimum Gasteiger partial charge on any atom is -0.315 e. The first-order chi connectivity index (χ1) is 8.53. The van der Waals surface area contributed by atoms with E-state index in [4.69, 9.17) is 11.6 Å². The summed E-state index contributed by atoms with van der Waals surface area (Å²) < 4.78 is 26.4. The Morgan fingerprint density at radius 1 is 1.39 bits per heavy atom. The van der Waals surface area contributed by atoms with Crippen LogP contribution in [-0.2, 0) is 10.0 Å². The number of halogens is 1. The highest BCUT2D eigenvalue weighted by Gasteiger charge is 2.30. The van der Waals surface area contributed by atoms with Gasteiger partial charge in [0.2, 0.25) is 10.0 Å². The number of hydrogen-bond donors (Lipinski definition) is 1. The Morgan fingerprint density at radius 2 is 2.11 bits per heavy atom. The topological polar surface area (TPSA) is 49.4 Å². The maximum absolute atomic E-state index is 12.5. The molecule has 1 atom stereocenters. The summed E-state index contributed by atoms with van der Waals surface area (Å²) in [5.41, 5.74) is 0. The molecule has 1 aliphatic rings. The number of nitrogens with one attached hydrogen (secondary N) is 1. The molecule has 4 nitrogen and oxygen atoms in total. The molecule has 1 heterocycles. The van der Waals surface area contributed by atoms with Crippen LogP contribution in [0.5, 0.6) is 0 Å². The molecule has 1 N–H and O–H groups in total. The average Bonchev–Trinajstić information content (AvgIpc) is 2.39. The van der Waals surface area contributed by atoms with Crippen LogP contribution in [0.2, 0.25) is 5.02 Å². The van der Waals surface area contributed by atoms with Crippen molar-refractivity contribution >= 4 is 21.6 Å². The van der Waals surface area contributed by atoms with Gasteiger partial charge in [-0.2, -0.15) is 4.31 Å². The molecule has 0 bridgehead atoms. The van der Waals surface area contributed by atoms with Crippen LogP contribution in [-0.4, -0.2) is 38.9 Å². The molecular weight excluding hydrogens is 272 g/mol. The van der Waals surface area contributed by atoms with Gasteiger partial charge in [0.05, 0.1) is 5.02 Å². The van der Waals surface area contributed by atoms with Crippen LogP contribution in [0.25, 0.3) is 0 Å². The Hall–Kier alpha value is -0.620. The third-order valence-electron chi connectivity index (χ3n) is 3.28. The van der Waals surface area contributed by atoms with Crippen LogP contribution in [0.4, 0.5) is 0 Å². The molecule has 100 valence electrons. The normalized spacial score (nSPS) is 21.2. The summed E-state index contributed by atoms with van der Waals surface area (Å²) in [5.74, 6) is 0. The van der Waals surface area contributed by atoms with Gasteiger partial charge in [0.25, 0.3) is 0 Å². The lowest BCUT2D eigenvalue weighted by atomic mass is 10.1. The Bertz CT molecular complexity index is 513. The Balaban J connectivity index is 2.28. The number of hydrogen-bond acceptors (Lipinski definition) is 3. The first kappa shape index (κ1) is 13.8. The highest BCUT2D eigenvalue weighted by atomic mass is 35.5. The van der Waals surface area contributed by atoms with E-state index in [0.717, 1.165) is 19.4 Å². The van der Waals surface area contributed by atoms with Gasteiger partial charge >= 0.3 is 0 Å². The lowest BCUT2D eigenvalue weighted by Gasteiger charge is -2.31. The Kier molecular flexibility index (Phi) is 4.27. The van der Waals surface area contributed by atoms with Gasteiger partial charge in [0.15, 0.2) is 0 Å². The van der Waals surface area contributed by atoms with Crippen LogP contribution < -0.4 is 5.32 Å². The van der Waals surface area contributed by atoms with E-state index in [-0.39, 0.29) is 16.0 Å². The second kappa shape index (κ2) is 5.57. The number of sulfonamides is 1. The van der Waals surface area contributed by atoms with Crippen molar-refractivity contribution in [1.82, 2.24) is 9.62 Å². The third-order valence-corrected chi connectivity index (χ3v) is 5.69. The first-order valence-electron chi connectivity index (χ1n) is 5.97. The van der Waals surface area contributed by atoms with Crippen molar-refractivity contribution in [3.8, 4) is 0 Å². The van der Waals surface area contributed by atoms with Gasteiger partial charge < -0.3 is 5.32 Å². The minimum absolute atomic E-state index is 0.0000211. The minimum atomic E-state index is -3.51. The van der Waals surface area contributed by atoms with Gasteiger partial charge in [-0.3, -0.25) is 0 Å². The predicted octanol–water partition coefficient (Wildman–Crippen LogP) is 1.71. The zero-order chi connectivity index (χ0) is 13.2. The highest BCUT2D eigenvalue weighted by molar-refractivity contribution is 7.89. The molecule has 0 saturated carbocycles. The summed E-state index contributed by atoms with van der Waals surface area (Å²) >= 11 is 5.97. The molecule has 1 unspecified atom stereocenters. The van der Waals surface area contributed by atoms with Gasteiger partial charge in [0.1, 0.15) is 4.90 Å². The van der Waals surface area contributed by atoms with Crippen LogP contribution in [0.3, 0.4) is 0 Å². The zero-order valence-electron chi connectivity index (χ0n) is 10.3. The van der Waals surface area contributed by atoms with E-state index in [1.807, 2.05) is 0 Å². The zero-order valence-corrected chi connectivity index (χ0v) is 11.8. The molecule has 1 saturated heterocycles. The van der Waals surface area contributed by atoms with E-state index >= 15 is 0 Å². The monoisotopic (exact) mass is 288 g/mol. The molecule has 2 rings (SSSR count).